The highest BCUT2D eigenvalue weighted by molar-refractivity contribution is 9.10. The second-order valence-electron chi connectivity index (χ2n) is 7.26. The van der Waals surface area contributed by atoms with E-state index >= 15 is 0 Å². The van der Waals surface area contributed by atoms with Crippen LogP contribution >= 0.6 is 15.9 Å². The lowest BCUT2D eigenvalue weighted by Gasteiger charge is -2.27. The average molecular weight is 481 g/mol. The topological polar surface area (TPSA) is 102 Å². The zero-order chi connectivity index (χ0) is 21.4. The van der Waals surface area contributed by atoms with E-state index in [9.17, 15) is 18.0 Å². The number of fused-ring (bicyclic) bond motifs is 1. The molecule has 9 heteroatoms. The van der Waals surface area contributed by atoms with Gasteiger partial charge >= 0.3 is 0 Å². The van der Waals surface area contributed by atoms with Crippen molar-refractivity contribution < 1.29 is 22.7 Å². The van der Waals surface area contributed by atoms with Gasteiger partial charge in [-0.05, 0) is 62.7 Å². The van der Waals surface area contributed by atoms with Gasteiger partial charge in [-0.15, -0.1) is 0 Å². The molecular weight excluding hydrogens is 460 g/mol. The highest BCUT2D eigenvalue weighted by Crippen LogP contribution is 2.32. The maximum absolute atomic E-state index is 13.0. The number of sulfone groups is 1. The Labute approximate surface area is 177 Å². The van der Waals surface area contributed by atoms with Crippen LogP contribution in [0.25, 0.3) is 0 Å². The molecule has 0 fully saturated rings. The molecule has 1 aliphatic heterocycles. The molecule has 2 aromatic carbocycles. The van der Waals surface area contributed by atoms with Gasteiger partial charge in [-0.25, -0.2) is 8.42 Å². The number of benzene rings is 2. The van der Waals surface area contributed by atoms with Crippen molar-refractivity contribution in [2.24, 2.45) is 0 Å². The van der Waals surface area contributed by atoms with Crippen LogP contribution in [0, 0.1) is 0 Å². The summed E-state index contributed by atoms with van der Waals surface area (Å²) in [5.74, 6) is -0.330. The van der Waals surface area contributed by atoms with Crippen LogP contribution in [0.3, 0.4) is 0 Å². The number of carbonyl (C=O) groups excluding carboxylic acids is 2. The van der Waals surface area contributed by atoms with Gasteiger partial charge in [0.1, 0.15) is 10.5 Å². The summed E-state index contributed by atoms with van der Waals surface area (Å²) >= 11 is 3.27. The average Bonchev–Trinajstić information content (AvgIpc) is 2.67. The van der Waals surface area contributed by atoms with Gasteiger partial charge in [0.2, 0.25) is 5.91 Å². The Hall–Kier alpha value is -2.39. The number of halogens is 1. The van der Waals surface area contributed by atoms with Crippen molar-refractivity contribution in [2.75, 3.05) is 11.9 Å². The SMILES string of the molecule is CC(NC(=O)C(C)(C)S(=O)(=O)c1ccc(Br)cc1)c1ccc2c(c1)NC(=O)CO2. The molecule has 2 aromatic rings. The molecule has 1 heterocycles. The number of rotatable bonds is 5. The van der Waals surface area contributed by atoms with Gasteiger partial charge in [0, 0.05) is 4.47 Å². The molecule has 0 radical (unpaired) electrons. The van der Waals surface area contributed by atoms with Crippen molar-refractivity contribution in [1.29, 1.82) is 0 Å². The molecule has 154 valence electrons. The number of ether oxygens (including phenoxy) is 1. The molecule has 0 aliphatic carbocycles. The number of hydrogen-bond donors (Lipinski definition) is 2. The van der Waals surface area contributed by atoms with Gasteiger partial charge in [0.05, 0.1) is 16.6 Å². The summed E-state index contributed by atoms with van der Waals surface area (Å²) < 4.78 is 30.4. The Balaban J connectivity index is 1.80. The fourth-order valence-corrected chi connectivity index (χ4v) is 4.51. The van der Waals surface area contributed by atoms with Crippen LogP contribution in [-0.4, -0.2) is 31.6 Å². The molecule has 3 rings (SSSR count). The van der Waals surface area contributed by atoms with Crippen LogP contribution in [0.1, 0.15) is 32.4 Å². The normalized spacial score (nSPS) is 15.0. The Bertz CT molecular complexity index is 1060. The molecule has 7 nitrogen and oxygen atoms in total. The van der Waals surface area contributed by atoms with Crippen LogP contribution in [-0.2, 0) is 19.4 Å². The van der Waals surface area contributed by atoms with Crippen LogP contribution in [0.5, 0.6) is 5.75 Å². The van der Waals surface area contributed by atoms with Crippen molar-refractivity contribution in [1.82, 2.24) is 5.32 Å². The summed E-state index contributed by atoms with van der Waals surface area (Å²) in [5.41, 5.74) is 1.22. The quantitative estimate of drug-likeness (QED) is 0.683. The van der Waals surface area contributed by atoms with Gasteiger partial charge in [0.15, 0.2) is 16.4 Å². The van der Waals surface area contributed by atoms with Crippen molar-refractivity contribution in [3.63, 3.8) is 0 Å². The number of carbonyl (C=O) groups is 2. The molecule has 1 unspecified atom stereocenters. The van der Waals surface area contributed by atoms with Crippen LogP contribution in [0.4, 0.5) is 5.69 Å². The maximum Gasteiger partial charge on any atom is 0.262 e. The zero-order valence-corrected chi connectivity index (χ0v) is 18.6. The lowest BCUT2D eigenvalue weighted by atomic mass is 10.1. The zero-order valence-electron chi connectivity index (χ0n) is 16.2. The van der Waals surface area contributed by atoms with Crippen molar-refractivity contribution >= 4 is 43.3 Å². The minimum Gasteiger partial charge on any atom is -0.482 e. The summed E-state index contributed by atoms with van der Waals surface area (Å²) in [5, 5.41) is 5.47. The van der Waals surface area contributed by atoms with Gasteiger partial charge in [-0.1, -0.05) is 22.0 Å². The van der Waals surface area contributed by atoms with Crippen LogP contribution < -0.4 is 15.4 Å². The smallest absolute Gasteiger partial charge is 0.262 e. The molecule has 29 heavy (non-hydrogen) atoms. The van der Waals surface area contributed by atoms with E-state index < -0.39 is 26.5 Å². The summed E-state index contributed by atoms with van der Waals surface area (Å²) in [7, 11) is -3.91. The van der Waals surface area contributed by atoms with E-state index in [-0.39, 0.29) is 17.4 Å². The molecule has 0 saturated carbocycles. The van der Waals surface area contributed by atoms with E-state index in [1.807, 2.05) is 0 Å². The Morgan fingerprint density at radius 1 is 1.21 bits per heavy atom. The number of hydrogen-bond acceptors (Lipinski definition) is 5. The first-order chi connectivity index (χ1) is 13.5. The number of amides is 2. The summed E-state index contributed by atoms with van der Waals surface area (Å²) in [6.45, 7) is 4.47. The lowest BCUT2D eigenvalue weighted by molar-refractivity contribution is -0.123. The minimum absolute atomic E-state index is 0.0409. The van der Waals surface area contributed by atoms with E-state index in [2.05, 4.69) is 26.6 Å². The Morgan fingerprint density at radius 3 is 2.52 bits per heavy atom. The summed E-state index contributed by atoms with van der Waals surface area (Å²) in [6.07, 6.45) is 0. The molecule has 0 aromatic heterocycles. The third kappa shape index (κ3) is 4.16. The maximum atomic E-state index is 13.0. The van der Waals surface area contributed by atoms with E-state index in [1.54, 1.807) is 37.3 Å². The summed E-state index contributed by atoms with van der Waals surface area (Å²) in [4.78, 5) is 24.5. The predicted octanol–water partition coefficient (Wildman–Crippen LogP) is 3.21. The van der Waals surface area contributed by atoms with E-state index in [4.69, 9.17) is 4.74 Å². The molecule has 1 atom stereocenters. The number of anilines is 1. The first kappa shape index (κ1) is 21.3. The van der Waals surface area contributed by atoms with Gasteiger partial charge in [0.25, 0.3) is 5.91 Å². The van der Waals surface area contributed by atoms with E-state index in [1.165, 1.54) is 26.0 Å². The molecule has 1 aliphatic rings. The predicted molar refractivity (Wildman–Crippen MR) is 113 cm³/mol. The van der Waals surface area contributed by atoms with Crippen LogP contribution in [0.15, 0.2) is 51.8 Å². The highest BCUT2D eigenvalue weighted by Gasteiger charge is 2.43. The Kier molecular flexibility index (Phi) is 5.73. The molecule has 0 saturated heterocycles. The molecular formula is C20H21BrN2O5S. The molecule has 2 amide bonds. The van der Waals surface area contributed by atoms with Gasteiger partial charge < -0.3 is 15.4 Å². The monoisotopic (exact) mass is 480 g/mol. The Morgan fingerprint density at radius 2 is 1.86 bits per heavy atom. The molecule has 0 bridgehead atoms. The second-order valence-corrected chi connectivity index (χ2v) is 10.7. The van der Waals surface area contributed by atoms with Crippen molar-refractivity contribution in [3.8, 4) is 5.75 Å². The third-order valence-electron chi connectivity index (χ3n) is 4.83. The largest absolute Gasteiger partial charge is 0.482 e. The first-order valence-electron chi connectivity index (χ1n) is 8.90. The highest BCUT2D eigenvalue weighted by atomic mass is 79.9. The summed E-state index contributed by atoms with van der Waals surface area (Å²) in [6, 6.07) is 10.8. The van der Waals surface area contributed by atoms with E-state index in [0.29, 0.717) is 17.0 Å². The standard InChI is InChI=1S/C20H21BrN2O5S/c1-12(13-4-9-17-16(10-13)23-18(24)11-28-17)22-19(25)20(2,3)29(26,27)15-7-5-14(21)6-8-15/h4-10,12H,11H2,1-3H3,(H,22,25)(H,23,24). The molecule has 2 N–H and O–H groups in total. The fraction of sp³-hybridized carbons (Fsp3) is 0.300. The second kappa shape index (κ2) is 7.79. The minimum atomic E-state index is -3.91. The molecule has 0 spiro atoms. The lowest BCUT2D eigenvalue weighted by Crippen LogP contribution is -2.48. The third-order valence-corrected chi connectivity index (χ3v) is 7.78. The van der Waals surface area contributed by atoms with E-state index in [0.717, 1.165) is 4.47 Å². The van der Waals surface area contributed by atoms with Gasteiger partial charge in [-0.2, -0.15) is 0 Å². The van der Waals surface area contributed by atoms with Crippen LogP contribution in [0.2, 0.25) is 0 Å². The van der Waals surface area contributed by atoms with Crippen molar-refractivity contribution in [2.45, 2.75) is 36.5 Å². The first-order valence-corrected chi connectivity index (χ1v) is 11.2. The number of nitrogens with one attached hydrogen (secondary N) is 2. The fourth-order valence-electron chi connectivity index (χ4n) is 2.85. The van der Waals surface area contributed by atoms with Gasteiger partial charge in [-0.3, -0.25) is 9.59 Å². The van der Waals surface area contributed by atoms with Crippen molar-refractivity contribution in [3.05, 3.63) is 52.5 Å².